The number of nitrogens with zero attached hydrogens (tertiary/aromatic N) is 3. The van der Waals surface area contributed by atoms with Crippen molar-refractivity contribution in [2.45, 2.75) is 11.2 Å². The molecule has 1 saturated heterocycles. The molecule has 2 aromatic rings. The van der Waals surface area contributed by atoms with Crippen molar-refractivity contribution in [1.82, 2.24) is 19.9 Å². The van der Waals surface area contributed by atoms with Crippen LogP contribution >= 0.6 is 28.1 Å². The first-order valence-corrected chi connectivity index (χ1v) is 6.35. The third-order valence-electron chi connectivity index (χ3n) is 2.62. The second kappa shape index (κ2) is 3.88. The van der Waals surface area contributed by atoms with E-state index in [9.17, 15) is 4.79 Å². The number of hydrogen-bond acceptors (Lipinski definition) is 4. The van der Waals surface area contributed by atoms with Gasteiger partial charge in [0.25, 0.3) is 0 Å². The van der Waals surface area contributed by atoms with Crippen molar-refractivity contribution < 1.29 is 4.79 Å². The summed E-state index contributed by atoms with van der Waals surface area (Å²) in [6.45, 7) is 0.590. The lowest BCUT2D eigenvalue weighted by Crippen LogP contribution is -2.26. The molecule has 6 nitrogen and oxygen atoms in total. The molecule has 0 saturated carbocycles. The monoisotopic (exact) mass is 313 g/mol. The summed E-state index contributed by atoms with van der Waals surface area (Å²) < 4.78 is 0.414. The first-order chi connectivity index (χ1) is 8.15. The number of nitrogens with one attached hydrogen (secondary N) is 2. The zero-order valence-electron chi connectivity index (χ0n) is 8.61. The maximum absolute atomic E-state index is 11.7. The Hall–Kier alpha value is -1.28. The molecular weight excluding hydrogens is 306 g/mol. The van der Waals surface area contributed by atoms with E-state index in [4.69, 9.17) is 12.2 Å². The minimum absolute atomic E-state index is 0.0277. The van der Waals surface area contributed by atoms with E-state index in [1.807, 2.05) is 0 Å². The van der Waals surface area contributed by atoms with Crippen LogP contribution in [0.25, 0.3) is 11.2 Å². The van der Waals surface area contributed by atoms with Crippen LogP contribution in [0.1, 0.15) is 6.42 Å². The van der Waals surface area contributed by atoms with Crippen molar-refractivity contribution in [3.05, 3.63) is 11.0 Å². The number of halogens is 1. The molecule has 0 bridgehead atoms. The topological polar surface area (TPSA) is 77.7 Å². The summed E-state index contributed by atoms with van der Waals surface area (Å²) >= 11 is 8.57. The molecule has 0 radical (unpaired) electrons. The van der Waals surface area contributed by atoms with Crippen LogP contribution in [0.4, 0.5) is 5.95 Å². The quantitative estimate of drug-likeness (QED) is 0.618. The Labute approximate surface area is 110 Å². The van der Waals surface area contributed by atoms with Crippen LogP contribution in [0, 0.1) is 4.64 Å². The van der Waals surface area contributed by atoms with E-state index in [2.05, 4.69) is 35.9 Å². The van der Waals surface area contributed by atoms with Crippen molar-refractivity contribution in [1.29, 1.82) is 0 Å². The van der Waals surface area contributed by atoms with Crippen LogP contribution in [0.15, 0.2) is 6.33 Å². The molecule has 2 aromatic heterocycles. The van der Waals surface area contributed by atoms with Gasteiger partial charge in [0.05, 0.1) is 6.33 Å². The summed E-state index contributed by atoms with van der Waals surface area (Å²) in [5.74, 6) is 0.487. The van der Waals surface area contributed by atoms with E-state index in [1.54, 1.807) is 11.2 Å². The van der Waals surface area contributed by atoms with Gasteiger partial charge in [0.2, 0.25) is 11.9 Å². The van der Waals surface area contributed by atoms with Crippen molar-refractivity contribution in [3.8, 4) is 0 Å². The second-order valence-electron chi connectivity index (χ2n) is 3.80. The largest absolute Gasteiger partial charge is 0.341 e. The van der Waals surface area contributed by atoms with Gasteiger partial charge in [-0.15, -0.1) is 0 Å². The molecule has 3 rings (SSSR count). The number of fused-ring (bicyclic) bond motifs is 1. The number of alkyl halides is 1. The highest BCUT2D eigenvalue weighted by atomic mass is 79.9. The van der Waals surface area contributed by atoms with Gasteiger partial charge in [-0.05, 0) is 0 Å². The first kappa shape index (κ1) is 10.8. The Morgan fingerprint density at radius 1 is 1.59 bits per heavy atom. The van der Waals surface area contributed by atoms with Gasteiger partial charge < -0.3 is 9.97 Å². The van der Waals surface area contributed by atoms with Crippen molar-refractivity contribution in [2.24, 2.45) is 0 Å². The van der Waals surface area contributed by atoms with Gasteiger partial charge in [0, 0.05) is 17.8 Å². The maximum atomic E-state index is 11.7. The Kier molecular flexibility index (Phi) is 2.48. The van der Waals surface area contributed by atoms with E-state index in [-0.39, 0.29) is 10.7 Å². The average molecular weight is 314 g/mol. The number of carbonyl (C=O) groups excluding carboxylic acids is 1. The smallest absolute Gasteiger partial charge is 0.230 e. The van der Waals surface area contributed by atoms with Gasteiger partial charge in [-0.2, -0.15) is 0 Å². The number of carbonyl (C=O) groups is 1. The van der Waals surface area contributed by atoms with E-state index >= 15 is 0 Å². The summed E-state index contributed by atoms with van der Waals surface area (Å²) in [6, 6.07) is 0. The zero-order valence-corrected chi connectivity index (χ0v) is 11.0. The predicted octanol–water partition coefficient (Wildman–Crippen LogP) is 1.52. The zero-order chi connectivity index (χ0) is 12.0. The van der Waals surface area contributed by atoms with Gasteiger partial charge in [-0.1, -0.05) is 28.1 Å². The predicted molar refractivity (Wildman–Crippen MR) is 68.8 cm³/mol. The van der Waals surface area contributed by atoms with Gasteiger partial charge in [-0.3, -0.25) is 9.69 Å². The maximum Gasteiger partial charge on any atom is 0.230 e. The third kappa shape index (κ3) is 1.77. The number of aromatic amines is 2. The number of rotatable bonds is 1. The summed E-state index contributed by atoms with van der Waals surface area (Å²) in [5.41, 5.74) is 1.30. The molecule has 0 spiro atoms. The highest BCUT2D eigenvalue weighted by Crippen LogP contribution is 2.23. The SMILES string of the molecule is O=C1CC(Br)CN1c1nc(=S)c2[nH]cnc2[nH]1. The Morgan fingerprint density at radius 3 is 3.12 bits per heavy atom. The van der Waals surface area contributed by atoms with Gasteiger partial charge >= 0.3 is 0 Å². The molecule has 3 heterocycles. The minimum atomic E-state index is 0.0277. The number of anilines is 1. The number of hydrogen-bond donors (Lipinski definition) is 2. The normalized spacial score (nSPS) is 20.4. The molecule has 0 aromatic carbocycles. The molecule has 17 heavy (non-hydrogen) atoms. The summed E-state index contributed by atoms with van der Waals surface area (Å²) in [7, 11) is 0. The van der Waals surface area contributed by atoms with Gasteiger partial charge in [0.15, 0.2) is 10.3 Å². The molecule has 1 fully saturated rings. The number of H-pyrrole nitrogens is 2. The fourth-order valence-electron chi connectivity index (χ4n) is 1.83. The molecular formula is C9H8BrN5OS. The van der Waals surface area contributed by atoms with Crippen molar-refractivity contribution in [3.63, 3.8) is 0 Å². The minimum Gasteiger partial charge on any atom is -0.341 e. The van der Waals surface area contributed by atoms with Gasteiger partial charge in [-0.25, -0.2) is 9.97 Å². The Balaban J connectivity index is 2.12. The van der Waals surface area contributed by atoms with E-state index in [1.165, 1.54) is 0 Å². The van der Waals surface area contributed by atoms with Crippen LogP contribution in [-0.2, 0) is 4.79 Å². The number of amides is 1. The fraction of sp³-hybridized carbons (Fsp3) is 0.333. The lowest BCUT2D eigenvalue weighted by atomic mass is 10.4. The molecule has 88 valence electrons. The Morgan fingerprint density at radius 2 is 2.41 bits per heavy atom. The van der Waals surface area contributed by atoms with Crippen LogP contribution in [-0.4, -0.2) is 37.2 Å². The molecule has 1 aliphatic rings. The Bertz CT molecular complexity index is 650. The summed E-state index contributed by atoms with van der Waals surface area (Å²) in [5, 5.41) is 0. The molecule has 1 atom stereocenters. The van der Waals surface area contributed by atoms with Crippen LogP contribution in [0.3, 0.4) is 0 Å². The first-order valence-electron chi connectivity index (χ1n) is 5.03. The van der Waals surface area contributed by atoms with E-state index in [0.29, 0.717) is 34.7 Å². The molecule has 0 aliphatic carbocycles. The average Bonchev–Trinajstić information content (AvgIpc) is 2.84. The second-order valence-corrected chi connectivity index (χ2v) is 5.48. The third-order valence-corrected chi connectivity index (χ3v) is 3.53. The van der Waals surface area contributed by atoms with E-state index < -0.39 is 0 Å². The molecule has 1 unspecified atom stereocenters. The molecule has 8 heteroatoms. The van der Waals surface area contributed by atoms with Crippen LogP contribution in [0.2, 0.25) is 0 Å². The lowest BCUT2D eigenvalue weighted by molar-refractivity contribution is -0.117. The van der Waals surface area contributed by atoms with Gasteiger partial charge in [0.1, 0.15) is 5.52 Å². The number of imidazole rings is 1. The van der Waals surface area contributed by atoms with Crippen LogP contribution in [0.5, 0.6) is 0 Å². The lowest BCUT2D eigenvalue weighted by Gasteiger charge is -2.13. The molecule has 1 aliphatic heterocycles. The summed E-state index contributed by atoms with van der Waals surface area (Å²) in [4.78, 5) is 27.7. The van der Waals surface area contributed by atoms with E-state index in [0.717, 1.165) is 0 Å². The van der Waals surface area contributed by atoms with Crippen molar-refractivity contribution >= 4 is 51.2 Å². The van der Waals surface area contributed by atoms with Crippen molar-refractivity contribution in [2.75, 3.05) is 11.4 Å². The molecule has 1 amide bonds. The van der Waals surface area contributed by atoms with Crippen LogP contribution < -0.4 is 4.90 Å². The standard InChI is InChI=1S/C9H8BrN5OS/c10-4-1-5(16)15(2-4)9-13-7-6(8(17)14-9)11-3-12-7/h3-4H,1-2H2,(H2,11,12,13,14,17). The summed E-state index contributed by atoms with van der Waals surface area (Å²) in [6.07, 6.45) is 2.02. The highest BCUT2D eigenvalue weighted by molar-refractivity contribution is 9.09. The fourth-order valence-corrected chi connectivity index (χ4v) is 2.64. The molecule has 2 N–H and O–H groups in total. The highest BCUT2D eigenvalue weighted by Gasteiger charge is 2.30. The number of aromatic nitrogens is 4.